The summed E-state index contributed by atoms with van der Waals surface area (Å²) >= 11 is 0. The van der Waals surface area contributed by atoms with E-state index in [0.717, 1.165) is 23.6 Å². The maximum atomic E-state index is 4.52. The molecule has 4 nitrogen and oxygen atoms in total. The second kappa shape index (κ2) is 3.62. The zero-order chi connectivity index (χ0) is 11.0. The smallest absolute Gasteiger partial charge is 0.159 e. The molecule has 0 aliphatic heterocycles. The highest BCUT2D eigenvalue weighted by atomic mass is 15.3. The Balaban J connectivity index is 2.58. The Bertz CT molecular complexity index is 485. The third-order valence-corrected chi connectivity index (χ3v) is 2.34. The van der Waals surface area contributed by atoms with E-state index in [2.05, 4.69) is 15.0 Å². The van der Waals surface area contributed by atoms with Gasteiger partial charge in [0.2, 0.25) is 0 Å². The quantitative estimate of drug-likeness (QED) is 0.741. The topological polar surface area (TPSA) is 33.4 Å². The van der Waals surface area contributed by atoms with Crippen LogP contribution >= 0.6 is 0 Å². The molecule has 0 fully saturated rings. The second-order valence-electron chi connectivity index (χ2n) is 4.18. The summed E-state index contributed by atoms with van der Waals surface area (Å²) in [6.45, 7) is 4.94. The minimum absolute atomic E-state index is 0.874. The van der Waals surface area contributed by atoms with Gasteiger partial charge in [0.25, 0.3) is 0 Å². The third-order valence-electron chi connectivity index (χ3n) is 2.34. The molecule has 0 aromatic carbocycles. The first-order chi connectivity index (χ1) is 7.08. The van der Waals surface area contributed by atoms with Crippen molar-refractivity contribution in [3.8, 4) is 0 Å². The van der Waals surface area contributed by atoms with Gasteiger partial charge >= 0.3 is 0 Å². The fourth-order valence-electron chi connectivity index (χ4n) is 1.77. The fraction of sp³-hybridized carbons (Fsp3) is 0.455. The second-order valence-corrected chi connectivity index (χ2v) is 4.18. The van der Waals surface area contributed by atoms with Crippen LogP contribution < -0.4 is 0 Å². The van der Waals surface area contributed by atoms with Gasteiger partial charge in [-0.05, 0) is 34.0 Å². The molecule has 0 N–H and O–H groups in total. The molecule has 0 amide bonds. The number of aromatic nitrogens is 3. The maximum absolute atomic E-state index is 4.52. The van der Waals surface area contributed by atoms with Crippen LogP contribution in [0.25, 0.3) is 5.65 Å². The molecule has 0 bridgehead atoms. The zero-order valence-corrected chi connectivity index (χ0v) is 9.65. The third kappa shape index (κ3) is 1.85. The van der Waals surface area contributed by atoms with Gasteiger partial charge in [-0.1, -0.05) is 0 Å². The molecule has 2 aromatic heterocycles. The minimum atomic E-state index is 0.874. The number of hydrogen-bond acceptors (Lipinski definition) is 3. The van der Waals surface area contributed by atoms with Crippen molar-refractivity contribution in [3.05, 3.63) is 29.2 Å². The summed E-state index contributed by atoms with van der Waals surface area (Å²) in [6, 6.07) is 2.04. The molecule has 2 heterocycles. The molecule has 0 saturated carbocycles. The van der Waals surface area contributed by atoms with E-state index >= 15 is 0 Å². The maximum Gasteiger partial charge on any atom is 0.159 e. The first-order valence-electron chi connectivity index (χ1n) is 5.03. The van der Waals surface area contributed by atoms with Gasteiger partial charge in [0, 0.05) is 23.5 Å². The van der Waals surface area contributed by atoms with E-state index in [1.165, 1.54) is 5.56 Å². The lowest BCUT2D eigenvalue weighted by atomic mass is 10.3. The van der Waals surface area contributed by atoms with E-state index in [1.807, 2.05) is 44.7 Å². The molecule has 0 spiro atoms. The molecule has 0 aliphatic carbocycles. The Labute approximate surface area is 89.5 Å². The van der Waals surface area contributed by atoms with Crippen molar-refractivity contribution in [2.75, 3.05) is 14.1 Å². The summed E-state index contributed by atoms with van der Waals surface area (Å²) in [5, 5.41) is 4.34. The molecule has 0 saturated heterocycles. The monoisotopic (exact) mass is 204 g/mol. The number of nitrogens with zero attached hydrogens (tertiary/aromatic N) is 4. The molecule has 15 heavy (non-hydrogen) atoms. The first kappa shape index (κ1) is 10.1. The van der Waals surface area contributed by atoms with Gasteiger partial charge in [0.05, 0.1) is 6.20 Å². The van der Waals surface area contributed by atoms with Gasteiger partial charge in [0.15, 0.2) is 5.65 Å². The van der Waals surface area contributed by atoms with Crippen LogP contribution in [0.4, 0.5) is 0 Å². The lowest BCUT2D eigenvalue weighted by molar-refractivity contribution is 0.403. The summed E-state index contributed by atoms with van der Waals surface area (Å²) in [7, 11) is 4.10. The SMILES string of the molecule is Cc1cc(C)n2ncc(CN(C)C)c2n1. The van der Waals surface area contributed by atoms with Crippen molar-refractivity contribution >= 4 is 5.65 Å². The average Bonchev–Trinajstić information content (AvgIpc) is 2.48. The summed E-state index contributed by atoms with van der Waals surface area (Å²) in [6.07, 6.45) is 1.90. The highest BCUT2D eigenvalue weighted by molar-refractivity contribution is 5.47. The Hall–Kier alpha value is -1.42. The van der Waals surface area contributed by atoms with Crippen molar-refractivity contribution < 1.29 is 0 Å². The van der Waals surface area contributed by atoms with Gasteiger partial charge in [-0.25, -0.2) is 9.50 Å². The minimum Gasteiger partial charge on any atom is -0.305 e. The Kier molecular flexibility index (Phi) is 2.44. The molecule has 0 radical (unpaired) electrons. The summed E-state index contributed by atoms with van der Waals surface area (Å²) in [4.78, 5) is 6.64. The summed E-state index contributed by atoms with van der Waals surface area (Å²) in [5.74, 6) is 0. The van der Waals surface area contributed by atoms with Crippen molar-refractivity contribution in [2.45, 2.75) is 20.4 Å². The van der Waals surface area contributed by atoms with Crippen LogP contribution in [-0.4, -0.2) is 33.6 Å². The first-order valence-corrected chi connectivity index (χ1v) is 5.03. The van der Waals surface area contributed by atoms with Gasteiger partial charge < -0.3 is 4.90 Å². The molecular weight excluding hydrogens is 188 g/mol. The van der Waals surface area contributed by atoms with E-state index in [9.17, 15) is 0 Å². The number of hydrogen-bond donors (Lipinski definition) is 0. The van der Waals surface area contributed by atoms with E-state index < -0.39 is 0 Å². The van der Waals surface area contributed by atoms with Crippen LogP contribution in [0.2, 0.25) is 0 Å². The normalized spacial score (nSPS) is 11.5. The number of fused-ring (bicyclic) bond motifs is 1. The Morgan fingerprint density at radius 1 is 1.33 bits per heavy atom. The van der Waals surface area contributed by atoms with Crippen molar-refractivity contribution in [1.29, 1.82) is 0 Å². The molecule has 2 rings (SSSR count). The highest BCUT2D eigenvalue weighted by Crippen LogP contribution is 2.12. The zero-order valence-electron chi connectivity index (χ0n) is 9.65. The molecule has 80 valence electrons. The largest absolute Gasteiger partial charge is 0.305 e. The van der Waals surface area contributed by atoms with E-state index in [1.54, 1.807) is 0 Å². The lowest BCUT2D eigenvalue weighted by Crippen LogP contribution is -2.10. The summed E-state index contributed by atoms with van der Waals surface area (Å²) < 4.78 is 1.89. The molecule has 4 heteroatoms. The van der Waals surface area contributed by atoms with Crippen LogP contribution in [0.15, 0.2) is 12.3 Å². The van der Waals surface area contributed by atoms with Crippen LogP contribution in [0.5, 0.6) is 0 Å². The van der Waals surface area contributed by atoms with Gasteiger partial charge in [-0.3, -0.25) is 0 Å². The highest BCUT2D eigenvalue weighted by Gasteiger charge is 2.08. The fourth-order valence-corrected chi connectivity index (χ4v) is 1.77. The Morgan fingerprint density at radius 2 is 2.07 bits per heavy atom. The molecule has 2 aromatic rings. The predicted molar refractivity (Wildman–Crippen MR) is 59.9 cm³/mol. The van der Waals surface area contributed by atoms with Gasteiger partial charge in [-0.2, -0.15) is 5.10 Å². The van der Waals surface area contributed by atoms with Crippen LogP contribution in [0, 0.1) is 13.8 Å². The number of aryl methyl sites for hydroxylation is 2. The van der Waals surface area contributed by atoms with Crippen LogP contribution in [0.1, 0.15) is 17.0 Å². The van der Waals surface area contributed by atoms with Gasteiger partial charge in [-0.15, -0.1) is 0 Å². The van der Waals surface area contributed by atoms with Gasteiger partial charge in [0.1, 0.15) is 0 Å². The molecule has 0 atom stereocenters. The van der Waals surface area contributed by atoms with E-state index in [4.69, 9.17) is 0 Å². The Morgan fingerprint density at radius 3 is 2.73 bits per heavy atom. The standard InChI is InChI=1S/C11H16N4/c1-8-5-9(2)15-11(13-8)10(6-12-15)7-14(3)4/h5-6H,7H2,1-4H3. The van der Waals surface area contributed by atoms with Crippen molar-refractivity contribution in [2.24, 2.45) is 0 Å². The molecule has 0 unspecified atom stereocenters. The molecule has 0 aliphatic rings. The lowest BCUT2D eigenvalue weighted by Gasteiger charge is -2.07. The van der Waals surface area contributed by atoms with Crippen LogP contribution in [0.3, 0.4) is 0 Å². The predicted octanol–water partition coefficient (Wildman–Crippen LogP) is 1.41. The van der Waals surface area contributed by atoms with Crippen molar-refractivity contribution in [3.63, 3.8) is 0 Å². The molecular formula is C11H16N4. The number of rotatable bonds is 2. The van der Waals surface area contributed by atoms with E-state index in [0.29, 0.717) is 0 Å². The summed E-state index contributed by atoms with van der Waals surface area (Å²) in [5.41, 5.74) is 4.32. The average molecular weight is 204 g/mol. The van der Waals surface area contributed by atoms with E-state index in [-0.39, 0.29) is 0 Å². The van der Waals surface area contributed by atoms with Crippen LogP contribution in [-0.2, 0) is 6.54 Å². The van der Waals surface area contributed by atoms with Crippen molar-refractivity contribution in [1.82, 2.24) is 19.5 Å².